The molecule has 0 unspecified atom stereocenters. The van der Waals surface area contributed by atoms with E-state index < -0.39 is 21.6 Å². The largest absolute Gasteiger partial charge is 0.511 e. The minimum atomic E-state index is -5.48. The van der Waals surface area contributed by atoms with Gasteiger partial charge in [-0.25, -0.2) is 13.4 Å². The van der Waals surface area contributed by atoms with Crippen LogP contribution in [0.25, 0.3) is 0 Å². The highest BCUT2D eigenvalue weighted by Crippen LogP contribution is 2.38. The summed E-state index contributed by atoms with van der Waals surface area (Å²) in [6, 6.07) is 4.47. The monoisotopic (exact) mass is 504 g/mol. The zero-order valence-corrected chi connectivity index (χ0v) is 20.0. The van der Waals surface area contributed by atoms with Gasteiger partial charge in [0.25, 0.3) is 0 Å². The lowest BCUT2D eigenvalue weighted by atomic mass is 9.97. The Balaban J connectivity index is 1.74. The van der Waals surface area contributed by atoms with Gasteiger partial charge in [-0.1, -0.05) is 43.4 Å². The van der Waals surface area contributed by atoms with Gasteiger partial charge in [0.1, 0.15) is 0 Å². The first-order valence-corrected chi connectivity index (χ1v) is 12.9. The molecule has 1 aromatic heterocycles. The molecule has 0 spiro atoms. The second kappa shape index (κ2) is 9.46. The Hall–Kier alpha value is -1.78. The van der Waals surface area contributed by atoms with Gasteiger partial charge in [0.05, 0.1) is 18.6 Å². The van der Waals surface area contributed by atoms with Gasteiger partial charge in [-0.3, -0.25) is 0 Å². The van der Waals surface area contributed by atoms with E-state index in [1.807, 2.05) is 18.1 Å². The van der Waals surface area contributed by atoms with E-state index in [-0.39, 0.29) is 13.1 Å². The lowest BCUT2D eigenvalue weighted by molar-refractivity contribution is -0.0492. The second-order valence-electron chi connectivity index (χ2n) is 9.06. The summed E-state index contributed by atoms with van der Waals surface area (Å²) in [7, 11) is -3.64. The molecule has 1 atom stereocenters. The zero-order chi connectivity index (χ0) is 23.8. The van der Waals surface area contributed by atoms with Crippen LogP contribution in [-0.4, -0.2) is 40.4 Å². The van der Waals surface area contributed by atoms with Crippen LogP contribution in [0.5, 0.6) is 0 Å². The molecule has 0 amide bonds. The normalized spacial score (nSPS) is 20.8. The minimum absolute atomic E-state index is 0.242. The molecule has 11 heteroatoms. The van der Waals surface area contributed by atoms with Crippen LogP contribution in [0, 0.1) is 5.92 Å². The third-order valence-corrected chi connectivity index (χ3v) is 8.44. The molecule has 2 aromatic rings. The van der Waals surface area contributed by atoms with E-state index in [0.717, 1.165) is 25.0 Å². The van der Waals surface area contributed by atoms with E-state index in [9.17, 15) is 21.6 Å². The molecule has 1 aliphatic carbocycles. The van der Waals surface area contributed by atoms with Crippen LogP contribution in [0.15, 0.2) is 30.7 Å². The number of imidazole rings is 1. The van der Waals surface area contributed by atoms with Gasteiger partial charge in [-0.05, 0) is 36.5 Å². The molecule has 0 N–H and O–H groups in total. The molecule has 0 saturated heterocycles. The van der Waals surface area contributed by atoms with Gasteiger partial charge >= 0.3 is 15.5 Å². The predicted molar refractivity (Wildman–Crippen MR) is 121 cm³/mol. The summed E-state index contributed by atoms with van der Waals surface area (Å²) in [5, 5.41) is 0.446. The highest BCUT2D eigenvalue weighted by atomic mass is 35.5. The molecule has 4 rings (SSSR count). The van der Waals surface area contributed by atoms with Crippen molar-refractivity contribution in [2.45, 2.75) is 63.2 Å². The maximum Gasteiger partial charge on any atom is 0.511 e. The van der Waals surface area contributed by atoms with Crippen molar-refractivity contribution in [3.05, 3.63) is 47.0 Å². The molecule has 6 nitrogen and oxygen atoms in total. The molecule has 1 fully saturated rings. The Morgan fingerprint density at radius 2 is 1.91 bits per heavy atom. The maximum absolute atomic E-state index is 13.5. The number of aryl methyl sites for hydroxylation is 1. The van der Waals surface area contributed by atoms with E-state index in [0.29, 0.717) is 39.5 Å². The van der Waals surface area contributed by atoms with Crippen LogP contribution in [0.4, 0.5) is 18.9 Å². The molecular formula is C22H28ClF3N4O2S. The number of hydrogen-bond donors (Lipinski definition) is 0. The van der Waals surface area contributed by atoms with Crippen LogP contribution in [0.3, 0.4) is 0 Å². The molecule has 2 aliphatic rings. The summed E-state index contributed by atoms with van der Waals surface area (Å²) >= 11 is 6.27. The number of alkyl halides is 3. The minimum Gasteiger partial charge on any atom is -0.361 e. The van der Waals surface area contributed by atoms with E-state index >= 15 is 0 Å². The average Bonchev–Trinajstić information content (AvgIpc) is 3.37. The summed E-state index contributed by atoms with van der Waals surface area (Å²) in [6.07, 6.45) is 9.51. The fraction of sp³-hybridized carbons (Fsp3) is 0.591. The summed E-state index contributed by atoms with van der Waals surface area (Å²) in [4.78, 5) is 6.38. The number of benzene rings is 1. The van der Waals surface area contributed by atoms with Gasteiger partial charge in [-0.2, -0.15) is 17.5 Å². The van der Waals surface area contributed by atoms with E-state index in [1.54, 1.807) is 29.1 Å². The van der Waals surface area contributed by atoms with Crippen LogP contribution in [0.1, 0.15) is 49.8 Å². The van der Waals surface area contributed by atoms with E-state index in [1.165, 1.54) is 12.8 Å². The lowest BCUT2D eigenvalue weighted by Gasteiger charge is -2.34. The fourth-order valence-electron chi connectivity index (χ4n) is 4.96. The summed E-state index contributed by atoms with van der Waals surface area (Å²) < 4.78 is 67.8. The molecule has 33 heavy (non-hydrogen) atoms. The SMILES string of the molecule is Cn1cnc(CN2c3cc(Cl)ccc3CN(S(=O)(=O)C(F)(F)F)C[C@@H]2CCC2CCCC2)c1. The molecule has 2 heterocycles. The molecule has 1 saturated carbocycles. The van der Waals surface area contributed by atoms with Gasteiger partial charge in [0, 0.05) is 43.1 Å². The second-order valence-corrected chi connectivity index (χ2v) is 11.4. The maximum atomic E-state index is 13.5. The number of sulfonamides is 1. The highest BCUT2D eigenvalue weighted by Gasteiger charge is 2.51. The molecule has 0 bridgehead atoms. The molecule has 1 aliphatic heterocycles. The Kier molecular flexibility index (Phi) is 6.98. The number of fused-ring (bicyclic) bond motifs is 1. The summed E-state index contributed by atoms with van der Waals surface area (Å²) in [6.45, 7) is -0.246. The Labute approximate surface area is 197 Å². The van der Waals surface area contributed by atoms with Crippen molar-refractivity contribution < 1.29 is 21.6 Å². The topological polar surface area (TPSA) is 58.4 Å². The smallest absolute Gasteiger partial charge is 0.361 e. The highest BCUT2D eigenvalue weighted by molar-refractivity contribution is 7.89. The van der Waals surface area contributed by atoms with Crippen molar-refractivity contribution in [2.75, 3.05) is 11.4 Å². The van der Waals surface area contributed by atoms with Crippen molar-refractivity contribution in [1.29, 1.82) is 0 Å². The first kappa shape index (κ1) is 24.3. The summed E-state index contributed by atoms with van der Waals surface area (Å²) in [5.41, 5.74) is -3.46. The van der Waals surface area contributed by atoms with Gasteiger partial charge in [0.15, 0.2) is 0 Å². The van der Waals surface area contributed by atoms with Crippen molar-refractivity contribution in [1.82, 2.24) is 13.9 Å². The molecule has 1 aromatic carbocycles. The fourth-order valence-corrected chi connectivity index (χ4v) is 6.10. The van der Waals surface area contributed by atoms with Crippen molar-refractivity contribution in [3.63, 3.8) is 0 Å². The third kappa shape index (κ3) is 5.33. The van der Waals surface area contributed by atoms with E-state index in [4.69, 9.17) is 11.6 Å². The molecular weight excluding hydrogens is 477 g/mol. The Morgan fingerprint density at radius 3 is 2.55 bits per heavy atom. The first-order valence-electron chi connectivity index (χ1n) is 11.1. The van der Waals surface area contributed by atoms with Crippen molar-refractivity contribution >= 4 is 27.3 Å². The lowest BCUT2D eigenvalue weighted by Crippen LogP contribution is -2.47. The van der Waals surface area contributed by atoms with Crippen molar-refractivity contribution in [2.24, 2.45) is 13.0 Å². The third-order valence-electron chi connectivity index (χ3n) is 6.66. The number of aromatic nitrogens is 2. The van der Waals surface area contributed by atoms with Crippen LogP contribution in [-0.2, 0) is 30.2 Å². The van der Waals surface area contributed by atoms with Gasteiger partial charge in [0.2, 0.25) is 0 Å². The van der Waals surface area contributed by atoms with Gasteiger partial charge in [-0.15, -0.1) is 0 Å². The van der Waals surface area contributed by atoms with Crippen LogP contribution in [0.2, 0.25) is 5.02 Å². The molecule has 182 valence electrons. The average molecular weight is 505 g/mol. The Morgan fingerprint density at radius 1 is 1.18 bits per heavy atom. The van der Waals surface area contributed by atoms with Gasteiger partial charge < -0.3 is 9.47 Å². The number of nitrogens with zero attached hydrogens (tertiary/aromatic N) is 4. The predicted octanol–water partition coefficient (Wildman–Crippen LogP) is 5.08. The first-order chi connectivity index (χ1) is 15.5. The van der Waals surface area contributed by atoms with Crippen LogP contribution >= 0.6 is 11.6 Å². The zero-order valence-electron chi connectivity index (χ0n) is 18.4. The number of anilines is 1. The summed E-state index contributed by atoms with van der Waals surface area (Å²) in [5.74, 6) is 0.524. The van der Waals surface area contributed by atoms with Crippen LogP contribution < -0.4 is 4.90 Å². The quantitative estimate of drug-likeness (QED) is 0.550. The molecule has 0 radical (unpaired) electrons. The Bertz CT molecular complexity index is 1080. The van der Waals surface area contributed by atoms with E-state index in [2.05, 4.69) is 4.98 Å². The van der Waals surface area contributed by atoms with Crippen molar-refractivity contribution in [3.8, 4) is 0 Å². The number of halogens is 4. The number of hydrogen-bond acceptors (Lipinski definition) is 4. The number of rotatable bonds is 6. The standard InChI is InChI=1S/C22H28ClF3N4O2S/c1-28-12-19(27-15-28)13-30-20(9-6-16-4-2-3-5-16)14-29(33(31,32)22(24,25)26)11-17-7-8-18(23)10-21(17)30/h7-8,10,12,15-16,20H,2-6,9,11,13-14H2,1H3/t20-/m0/s1.